The standard InChI is InChI=1S/C17H21NO3/c1-12(2)21-17-10-15(7-8-16(17)18)20-11-13-5-4-6-14(9-13)19-3/h4-10,12H,11,18H2,1-3H3. The van der Waals surface area contributed by atoms with Crippen molar-refractivity contribution in [1.29, 1.82) is 0 Å². The highest BCUT2D eigenvalue weighted by Crippen LogP contribution is 2.28. The molecule has 2 aromatic rings. The minimum Gasteiger partial charge on any atom is -0.497 e. The van der Waals surface area contributed by atoms with E-state index in [0.717, 1.165) is 17.1 Å². The number of benzene rings is 2. The lowest BCUT2D eigenvalue weighted by Crippen LogP contribution is -2.07. The zero-order chi connectivity index (χ0) is 15.2. The predicted octanol–water partition coefficient (Wildman–Crippen LogP) is 3.64. The molecule has 0 unspecified atom stereocenters. The topological polar surface area (TPSA) is 53.7 Å². The van der Waals surface area contributed by atoms with Gasteiger partial charge in [0.15, 0.2) is 0 Å². The molecule has 0 saturated heterocycles. The van der Waals surface area contributed by atoms with Crippen molar-refractivity contribution < 1.29 is 14.2 Å². The van der Waals surface area contributed by atoms with E-state index in [1.165, 1.54) is 0 Å². The molecule has 0 saturated carbocycles. The summed E-state index contributed by atoms with van der Waals surface area (Å²) in [5.74, 6) is 2.19. The molecule has 0 fully saturated rings. The van der Waals surface area contributed by atoms with Crippen LogP contribution in [0.15, 0.2) is 42.5 Å². The Labute approximate surface area is 125 Å². The first kappa shape index (κ1) is 15.0. The van der Waals surface area contributed by atoms with Crippen molar-refractivity contribution in [3.8, 4) is 17.2 Å². The van der Waals surface area contributed by atoms with Crippen LogP contribution in [0.4, 0.5) is 5.69 Å². The van der Waals surface area contributed by atoms with Crippen molar-refractivity contribution in [2.45, 2.75) is 26.6 Å². The fraction of sp³-hybridized carbons (Fsp3) is 0.294. The van der Waals surface area contributed by atoms with Crippen molar-refractivity contribution in [1.82, 2.24) is 0 Å². The first-order chi connectivity index (χ1) is 10.1. The van der Waals surface area contributed by atoms with Gasteiger partial charge in [0.05, 0.1) is 18.9 Å². The second kappa shape index (κ2) is 6.88. The van der Waals surface area contributed by atoms with E-state index in [4.69, 9.17) is 19.9 Å². The number of hydrogen-bond acceptors (Lipinski definition) is 4. The molecule has 0 aliphatic rings. The highest BCUT2D eigenvalue weighted by molar-refractivity contribution is 5.55. The molecular weight excluding hydrogens is 266 g/mol. The third-order valence-corrected chi connectivity index (χ3v) is 2.89. The maximum atomic E-state index is 5.89. The van der Waals surface area contributed by atoms with E-state index in [9.17, 15) is 0 Å². The van der Waals surface area contributed by atoms with Crippen LogP contribution < -0.4 is 19.9 Å². The summed E-state index contributed by atoms with van der Waals surface area (Å²) in [5, 5.41) is 0. The normalized spacial score (nSPS) is 10.5. The van der Waals surface area contributed by atoms with Gasteiger partial charge >= 0.3 is 0 Å². The van der Waals surface area contributed by atoms with Crippen LogP contribution in [0, 0.1) is 0 Å². The quantitative estimate of drug-likeness (QED) is 0.824. The van der Waals surface area contributed by atoms with Crippen LogP contribution >= 0.6 is 0 Å². The first-order valence-electron chi connectivity index (χ1n) is 6.90. The van der Waals surface area contributed by atoms with Crippen LogP contribution in [0.25, 0.3) is 0 Å². The third kappa shape index (κ3) is 4.31. The highest BCUT2D eigenvalue weighted by atomic mass is 16.5. The second-order valence-corrected chi connectivity index (χ2v) is 5.01. The Hall–Kier alpha value is -2.36. The Morgan fingerprint density at radius 1 is 1.05 bits per heavy atom. The third-order valence-electron chi connectivity index (χ3n) is 2.89. The van der Waals surface area contributed by atoms with Gasteiger partial charge in [-0.05, 0) is 43.7 Å². The lowest BCUT2D eigenvalue weighted by Gasteiger charge is -2.14. The molecule has 2 N–H and O–H groups in total. The molecule has 0 bridgehead atoms. The molecular formula is C17H21NO3. The molecule has 0 aromatic heterocycles. The van der Waals surface area contributed by atoms with Gasteiger partial charge in [-0.2, -0.15) is 0 Å². The predicted molar refractivity (Wildman–Crippen MR) is 83.9 cm³/mol. The van der Waals surface area contributed by atoms with Gasteiger partial charge in [0, 0.05) is 6.07 Å². The van der Waals surface area contributed by atoms with Crippen LogP contribution in [0.5, 0.6) is 17.2 Å². The molecule has 2 aromatic carbocycles. The van der Waals surface area contributed by atoms with Crippen LogP contribution in [-0.4, -0.2) is 13.2 Å². The summed E-state index contributed by atoms with van der Waals surface area (Å²) in [4.78, 5) is 0. The van der Waals surface area contributed by atoms with Gasteiger partial charge in [-0.25, -0.2) is 0 Å². The Balaban J connectivity index is 2.05. The van der Waals surface area contributed by atoms with Gasteiger partial charge in [0.2, 0.25) is 0 Å². The smallest absolute Gasteiger partial charge is 0.146 e. The molecule has 21 heavy (non-hydrogen) atoms. The van der Waals surface area contributed by atoms with Gasteiger partial charge < -0.3 is 19.9 Å². The van der Waals surface area contributed by atoms with E-state index in [-0.39, 0.29) is 6.10 Å². The molecule has 0 amide bonds. The van der Waals surface area contributed by atoms with Gasteiger partial charge in [-0.15, -0.1) is 0 Å². The lowest BCUT2D eigenvalue weighted by molar-refractivity contribution is 0.241. The van der Waals surface area contributed by atoms with Gasteiger partial charge in [-0.1, -0.05) is 12.1 Å². The fourth-order valence-corrected chi connectivity index (χ4v) is 1.89. The van der Waals surface area contributed by atoms with Crippen molar-refractivity contribution in [2.24, 2.45) is 0 Å². The van der Waals surface area contributed by atoms with E-state index in [1.807, 2.05) is 50.2 Å². The molecule has 0 aliphatic heterocycles. The SMILES string of the molecule is COc1cccc(COc2ccc(N)c(OC(C)C)c2)c1. The number of anilines is 1. The minimum atomic E-state index is 0.0703. The number of rotatable bonds is 6. The van der Waals surface area contributed by atoms with Crippen molar-refractivity contribution in [2.75, 3.05) is 12.8 Å². The minimum absolute atomic E-state index is 0.0703. The summed E-state index contributed by atoms with van der Waals surface area (Å²) in [6.45, 7) is 4.38. The van der Waals surface area contributed by atoms with Crippen molar-refractivity contribution in [3.63, 3.8) is 0 Å². The Kier molecular flexibility index (Phi) is 4.93. The lowest BCUT2D eigenvalue weighted by atomic mass is 10.2. The van der Waals surface area contributed by atoms with Gasteiger partial charge in [0.25, 0.3) is 0 Å². The molecule has 0 heterocycles. The van der Waals surface area contributed by atoms with Crippen LogP contribution in [0.1, 0.15) is 19.4 Å². The van der Waals surface area contributed by atoms with Gasteiger partial charge in [-0.3, -0.25) is 0 Å². The van der Waals surface area contributed by atoms with Crippen molar-refractivity contribution in [3.05, 3.63) is 48.0 Å². The number of hydrogen-bond donors (Lipinski definition) is 1. The summed E-state index contributed by atoms with van der Waals surface area (Å²) >= 11 is 0. The van der Waals surface area contributed by atoms with Crippen molar-refractivity contribution >= 4 is 5.69 Å². The van der Waals surface area contributed by atoms with Crippen LogP contribution in [0.3, 0.4) is 0 Å². The summed E-state index contributed by atoms with van der Waals surface area (Å²) in [6, 6.07) is 13.2. The second-order valence-electron chi connectivity index (χ2n) is 5.01. The molecule has 2 rings (SSSR count). The summed E-state index contributed by atoms with van der Waals surface area (Å²) in [6.07, 6.45) is 0.0703. The average molecular weight is 287 g/mol. The Morgan fingerprint density at radius 2 is 1.86 bits per heavy atom. The average Bonchev–Trinajstić information content (AvgIpc) is 2.48. The summed E-state index contributed by atoms with van der Waals surface area (Å²) in [5.41, 5.74) is 7.53. The van der Waals surface area contributed by atoms with E-state index in [2.05, 4.69) is 0 Å². The summed E-state index contributed by atoms with van der Waals surface area (Å²) < 4.78 is 16.6. The molecule has 4 heteroatoms. The molecule has 112 valence electrons. The maximum absolute atomic E-state index is 5.89. The Morgan fingerprint density at radius 3 is 2.57 bits per heavy atom. The van der Waals surface area contributed by atoms with Crippen LogP contribution in [0.2, 0.25) is 0 Å². The maximum Gasteiger partial charge on any atom is 0.146 e. The number of nitrogens with two attached hydrogens (primary N) is 1. The molecule has 0 aliphatic carbocycles. The summed E-state index contributed by atoms with van der Waals surface area (Å²) in [7, 11) is 1.65. The molecule has 0 spiro atoms. The zero-order valence-electron chi connectivity index (χ0n) is 12.6. The number of ether oxygens (including phenoxy) is 3. The van der Waals surface area contributed by atoms with E-state index >= 15 is 0 Å². The molecule has 4 nitrogen and oxygen atoms in total. The van der Waals surface area contributed by atoms with E-state index in [1.54, 1.807) is 13.2 Å². The largest absolute Gasteiger partial charge is 0.497 e. The van der Waals surface area contributed by atoms with E-state index in [0.29, 0.717) is 18.0 Å². The monoisotopic (exact) mass is 287 g/mol. The number of methoxy groups -OCH3 is 1. The van der Waals surface area contributed by atoms with Crippen LogP contribution in [-0.2, 0) is 6.61 Å². The highest BCUT2D eigenvalue weighted by Gasteiger charge is 2.06. The zero-order valence-corrected chi connectivity index (χ0v) is 12.6. The molecule has 0 radical (unpaired) electrons. The Bertz CT molecular complexity index is 596. The van der Waals surface area contributed by atoms with Gasteiger partial charge in [0.1, 0.15) is 23.9 Å². The first-order valence-corrected chi connectivity index (χ1v) is 6.90. The molecule has 0 atom stereocenters. The van der Waals surface area contributed by atoms with E-state index < -0.39 is 0 Å². The fourth-order valence-electron chi connectivity index (χ4n) is 1.89. The number of nitrogen functional groups attached to an aromatic ring is 1.